The Balaban J connectivity index is 2.29. The SMILES string of the molecule is CCN(Cc1cc(C#N)ccc1F)c1cccc(F)c1. The van der Waals surface area contributed by atoms with E-state index < -0.39 is 0 Å². The van der Waals surface area contributed by atoms with Crippen LogP contribution in [-0.2, 0) is 6.54 Å². The van der Waals surface area contributed by atoms with Crippen LogP contribution in [0.1, 0.15) is 18.1 Å². The van der Waals surface area contributed by atoms with E-state index in [9.17, 15) is 8.78 Å². The number of rotatable bonds is 4. The molecule has 102 valence electrons. The minimum absolute atomic E-state index is 0.293. The summed E-state index contributed by atoms with van der Waals surface area (Å²) < 4.78 is 27.0. The Bertz CT molecular complexity index is 647. The van der Waals surface area contributed by atoms with Gasteiger partial charge < -0.3 is 4.90 Å². The van der Waals surface area contributed by atoms with E-state index in [0.29, 0.717) is 29.9 Å². The molecule has 0 aliphatic rings. The zero-order valence-corrected chi connectivity index (χ0v) is 11.1. The first-order valence-electron chi connectivity index (χ1n) is 6.33. The van der Waals surface area contributed by atoms with E-state index in [0.717, 1.165) is 0 Å². The van der Waals surface area contributed by atoms with E-state index >= 15 is 0 Å². The maximum Gasteiger partial charge on any atom is 0.128 e. The summed E-state index contributed by atoms with van der Waals surface area (Å²) in [6.07, 6.45) is 0. The summed E-state index contributed by atoms with van der Waals surface area (Å²) in [5, 5.41) is 8.86. The lowest BCUT2D eigenvalue weighted by Gasteiger charge is -2.23. The summed E-state index contributed by atoms with van der Waals surface area (Å²) in [5.41, 5.74) is 1.53. The number of nitriles is 1. The van der Waals surface area contributed by atoms with Crippen molar-refractivity contribution in [2.24, 2.45) is 0 Å². The molecule has 0 bridgehead atoms. The first-order chi connectivity index (χ1) is 9.63. The summed E-state index contributed by atoms with van der Waals surface area (Å²) in [7, 11) is 0. The second-order valence-corrected chi connectivity index (χ2v) is 4.41. The molecule has 4 heteroatoms. The van der Waals surface area contributed by atoms with Gasteiger partial charge in [0.25, 0.3) is 0 Å². The zero-order chi connectivity index (χ0) is 14.5. The Morgan fingerprint density at radius 2 is 1.95 bits per heavy atom. The van der Waals surface area contributed by atoms with Crippen molar-refractivity contribution in [2.45, 2.75) is 13.5 Å². The molecule has 0 unspecified atom stereocenters. The lowest BCUT2D eigenvalue weighted by atomic mass is 10.1. The molecule has 20 heavy (non-hydrogen) atoms. The lowest BCUT2D eigenvalue weighted by Crippen LogP contribution is -2.22. The summed E-state index contributed by atoms with van der Waals surface area (Å²) in [6, 6.07) is 12.4. The van der Waals surface area contributed by atoms with Gasteiger partial charge in [0.2, 0.25) is 0 Å². The van der Waals surface area contributed by atoms with Crippen LogP contribution in [0.4, 0.5) is 14.5 Å². The predicted octanol–water partition coefficient (Wildman–Crippen LogP) is 3.86. The van der Waals surface area contributed by atoms with E-state index in [1.807, 2.05) is 17.9 Å². The zero-order valence-electron chi connectivity index (χ0n) is 11.1. The lowest BCUT2D eigenvalue weighted by molar-refractivity contribution is 0.604. The van der Waals surface area contributed by atoms with Crippen molar-refractivity contribution in [3.05, 3.63) is 65.2 Å². The molecule has 0 radical (unpaired) electrons. The third kappa shape index (κ3) is 3.12. The molecule has 2 aromatic carbocycles. The van der Waals surface area contributed by atoms with Crippen LogP contribution < -0.4 is 4.90 Å². The molecule has 0 saturated heterocycles. The topological polar surface area (TPSA) is 27.0 Å². The monoisotopic (exact) mass is 272 g/mol. The number of benzene rings is 2. The Morgan fingerprint density at radius 1 is 1.15 bits per heavy atom. The van der Waals surface area contributed by atoms with Gasteiger partial charge in [0.15, 0.2) is 0 Å². The molecule has 2 nitrogen and oxygen atoms in total. The van der Waals surface area contributed by atoms with Gasteiger partial charge in [-0.05, 0) is 43.3 Å². The van der Waals surface area contributed by atoms with Crippen molar-refractivity contribution in [3.8, 4) is 6.07 Å². The summed E-state index contributed by atoms with van der Waals surface area (Å²) in [6.45, 7) is 2.82. The van der Waals surface area contributed by atoms with Crippen molar-refractivity contribution in [2.75, 3.05) is 11.4 Å². The number of halogens is 2. The molecule has 0 fully saturated rings. The van der Waals surface area contributed by atoms with Crippen molar-refractivity contribution < 1.29 is 8.78 Å². The smallest absolute Gasteiger partial charge is 0.128 e. The molecule has 0 aliphatic carbocycles. The molecule has 2 rings (SSSR count). The van der Waals surface area contributed by atoms with Crippen molar-refractivity contribution in [3.63, 3.8) is 0 Å². The van der Waals surface area contributed by atoms with Gasteiger partial charge >= 0.3 is 0 Å². The largest absolute Gasteiger partial charge is 0.367 e. The van der Waals surface area contributed by atoms with Gasteiger partial charge in [-0.2, -0.15) is 5.26 Å². The summed E-state index contributed by atoms with van der Waals surface area (Å²) in [4.78, 5) is 1.85. The fourth-order valence-electron chi connectivity index (χ4n) is 2.03. The van der Waals surface area contributed by atoms with Gasteiger partial charge in [-0.15, -0.1) is 0 Å². The van der Waals surface area contributed by atoms with Crippen LogP contribution in [0.3, 0.4) is 0 Å². The van der Waals surface area contributed by atoms with Crippen molar-refractivity contribution in [1.29, 1.82) is 5.26 Å². The maximum atomic E-state index is 13.8. The Labute approximate surface area is 116 Å². The fourth-order valence-corrected chi connectivity index (χ4v) is 2.03. The molecule has 0 amide bonds. The van der Waals surface area contributed by atoms with Crippen molar-refractivity contribution >= 4 is 5.69 Å². The highest BCUT2D eigenvalue weighted by atomic mass is 19.1. The molecule has 0 atom stereocenters. The molecule has 0 heterocycles. The van der Waals surface area contributed by atoms with Gasteiger partial charge in [0.1, 0.15) is 11.6 Å². The van der Waals surface area contributed by atoms with Crippen LogP contribution in [0.25, 0.3) is 0 Å². The van der Waals surface area contributed by atoms with Gasteiger partial charge in [-0.3, -0.25) is 0 Å². The average Bonchev–Trinajstić information content (AvgIpc) is 2.46. The molecule has 2 aromatic rings. The first kappa shape index (κ1) is 14.0. The predicted molar refractivity (Wildman–Crippen MR) is 74.2 cm³/mol. The van der Waals surface area contributed by atoms with Crippen LogP contribution in [0.15, 0.2) is 42.5 Å². The number of hydrogen-bond donors (Lipinski definition) is 0. The van der Waals surface area contributed by atoms with E-state index in [4.69, 9.17) is 5.26 Å². The molecular formula is C16H14F2N2. The van der Waals surface area contributed by atoms with Gasteiger partial charge in [0.05, 0.1) is 11.6 Å². The molecule has 0 saturated carbocycles. The van der Waals surface area contributed by atoms with Crippen LogP contribution in [-0.4, -0.2) is 6.54 Å². The normalized spacial score (nSPS) is 10.1. The van der Waals surface area contributed by atoms with E-state index in [-0.39, 0.29) is 11.6 Å². The highest BCUT2D eigenvalue weighted by Crippen LogP contribution is 2.20. The van der Waals surface area contributed by atoms with Gasteiger partial charge in [-0.1, -0.05) is 6.07 Å². The number of anilines is 1. The average molecular weight is 272 g/mol. The number of nitrogens with zero attached hydrogens (tertiary/aromatic N) is 2. The number of hydrogen-bond acceptors (Lipinski definition) is 2. The summed E-state index contributed by atoms with van der Waals surface area (Å²) >= 11 is 0. The van der Waals surface area contributed by atoms with Crippen LogP contribution in [0.2, 0.25) is 0 Å². The standard InChI is InChI=1S/C16H14F2N2/c1-2-20(15-5-3-4-14(17)9-15)11-13-8-12(10-19)6-7-16(13)18/h3-9H,2,11H2,1H3. The third-order valence-corrected chi connectivity index (χ3v) is 3.09. The van der Waals surface area contributed by atoms with Crippen molar-refractivity contribution in [1.82, 2.24) is 0 Å². The minimum atomic E-state index is -0.362. The van der Waals surface area contributed by atoms with Crippen LogP contribution in [0, 0.1) is 23.0 Å². The molecular weight excluding hydrogens is 258 g/mol. The quantitative estimate of drug-likeness (QED) is 0.845. The summed E-state index contributed by atoms with van der Waals surface area (Å²) in [5.74, 6) is -0.689. The second kappa shape index (κ2) is 6.16. The maximum absolute atomic E-state index is 13.8. The van der Waals surface area contributed by atoms with E-state index in [1.165, 1.54) is 30.3 Å². The minimum Gasteiger partial charge on any atom is -0.367 e. The highest BCUT2D eigenvalue weighted by Gasteiger charge is 2.10. The fraction of sp³-hybridized carbons (Fsp3) is 0.188. The van der Waals surface area contributed by atoms with Crippen LogP contribution in [0.5, 0.6) is 0 Å². The third-order valence-electron chi connectivity index (χ3n) is 3.09. The van der Waals surface area contributed by atoms with E-state index in [2.05, 4.69) is 0 Å². The molecule has 0 aliphatic heterocycles. The molecule has 0 N–H and O–H groups in total. The second-order valence-electron chi connectivity index (χ2n) is 4.41. The first-order valence-corrected chi connectivity index (χ1v) is 6.33. The van der Waals surface area contributed by atoms with E-state index in [1.54, 1.807) is 12.1 Å². The highest BCUT2D eigenvalue weighted by molar-refractivity contribution is 5.47. The molecule has 0 aromatic heterocycles. The Morgan fingerprint density at radius 3 is 2.60 bits per heavy atom. The Hall–Kier alpha value is -2.41. The molecule has 0 spiro atoms. The van der Waals surface area contributed by atoms with Gasteiger partial charge in [-0.25, -0.2) is 8.78 Å². The van der Waals surface area contributed by atoms with Crippen LogP contribution >= 0.6 is 0 Å². The Kier molecular flexibility index (Phi) is 4.31. The van der Waals surface area contributed by atoms with Gasteiger partial charge in [0, 0.05) is 24.3 Å².